The van der Waals surface area contributed by atoms with Crippen molar-refractivity contribution < 1.29 is 0 Å². The van der Waals surface area contributed by atoms with Crippen molar-refractivity contribution in [3.63, 3.8) is 0 Å². The molecule has 4 nitrogen and oxygen atoms in total. The van der Waals surface area contributed by atoms with Crippen LogP contribution in [-0.2, 0) is 12.6 Å². The highest BCUT2D eigenvalue weighted by molar-refractivity contribution is 7.59. The quantitative estimate of drug-likeness (QED) is 0.644. The lowest BCUT2D eigenvalue weighted by Crippen LogP contribution is -2.35. The van der Waals surface area contributed by atoms with Crippen LogP contribution in [-0.4, -0.2) is 29.2 Å². The molecule has 1 aromatic rings. The third kappa shape index (κ3) is 1.77. The predicted molar refractivity (Wildman–Crippen MR) is 53.6 cm³/mol. The molecule has 1 aromatic heterocycles. The largest absolute Gasteiger partial charge is 0.751 e. The van der Waals surface area contributed by atoms with Gasteiger partial charge in [-0.15, -0.1) is 0 Å². The van der Waals surface area contributed by atoms with Gasteiger partial charge in [-0.05, 0) is 17.6 Å². The van der Waals surface area contributed by atoms with Gasteiger partial charge in [-0.1, -0.05) is 6.07 Å². The molecule has 1 N–H and O–H groups in total. The van der Waals surface area contributed by atoms with Crippen molar-refractivity contribution in [3.05, 3.63) is 24.4 Å². The fourth-order valence-electron chi connectivity index (χ4n) is 1.32. The molecule has 0 aromatic carbocycles. The standard InChI is InChI=1S/C8H12N4S/c1-11-6-12(8(13)10-11)7-4-2-3-5-9-7/h2-5,8,10,13H,6H2,1H3/p-1. The number of nitrogens with zero attached hydrogens (tertiary/aromatic N) is 3. The Morgan fingerprint density at radius 2 is 2.46 bits per heavy atom. The molecule has 0 radical (unpaired) electrons. The summed E-state index contributed by atoms with van der Waals surface area (Å²) in [6.07, 6.45) is 1.77. The monoisotopic (exact) mass is 195 g/mol. The number of hydrogen-bond acceptors (Lipinski definition) is 5. The van der Waals surface area contributed by atoms with E-state index in [1.807, 2.05) is 35.2 Å². The van der Waals surface area contributed by atoms with E-state index in [0.29, 0.717) is 0 Å². The van der Waals surface area contributed by atoms with Crippen LogP contribution in [0, 0.1) is 0 Å². The molecule has 0 amide bonds. The van der Waals surface area contributed by atoms with Gasteiger partial charge in [0.2, 0.25) is 0 Å². The Labute approximate surface area is 82.9 Å². The number of nitrogens with one attached hydrogen (secondary N) is 1. The van der Waals surface area contributed by atoms with Gasteiger partial charge in [-0.25, -0.2) is 9.99 Å². The van der Waals surface area contributed by atoms with E-state index in [2.05, 4.69) is 10.4 Å². The Hall–Kier alpha value is -0.780. The SMILES string of the molecule is CN1CN(c2ccccn2)C([S-])N1. The molecule has 2 heterocycles. The van der Waals surface area contributed by atoms with E-state index in [0.717, 1.165) is 12.5 Å². The highest BCUT2D eigenvalue weighted by Gasteiger charge is 2.18. The van der Waals surface area contributed by atoms with Crippen LogP contribution >= 0.6 is 0 Å². The van der Waals surface area contributed by atoms with Crippen LogP contribution in [0.3, 0.4) is 0 Å². The van der Waals surface area contributed by atoms with E-state index in [1.165, 1.54) is 0 Å². The lowest BCUT2D eigenvalue weighted by Gasteiger charge is -2.28. The van der Waals surface area contributed by atoms with Gasteiger partial charge >= 0.3 is 0 Å². The molecule has 5 heteroatoms. The van der Waals surface area contributed by atoms with E-state index in [9.17, 15) is 0 Å². The molecule has 13 heavy (non-hydrogen) atoms. The van der Waals surface area contributed by atoms with E-state index in [4.69, 9.17) is 12.6 Å². The second-order valence-electron chi connectivity index (χ2n) is 2.98. The molecular weight excluding hydrogens is 184 g/mol. The van der Waals surface area contributed by atoms with Crippen molar-refractivity contribution in [1.29, 1.82) is 0 Å². The summed E-state index contributed by atoms with van der Waals surface area (Å²) >= 11 is 5.22. The van der Waals surface area contributed by atoms with E-state index in [-0.39, 0.29) is 5.50 Å². The summed E-state index contributed by atoms with van der Waals surface area (Å²) in [6, 6.07) is 5.82. The van der Waals surface area contributed by atoms with Gasteiger partial charge in [0.05, 0.1) is 6.67 Å². The van der Waals surface area contributed by atoms with Crippen molar-refractivity contribution >= 4 is 18.4 Å². The maximum absolute atomic E-state index is 5.22. The maximum atomic E-state index is 5.22. The lowest BCUT2D eigenvalue weighted by molar-refractivity contribution is 0.311. The summed E-state index contributed by atoms with van der Waals surface area (Å²) < 4.78 is 0. The van der Waals surface area contributed by atoms with Gasteiger partial charge in [0, 0.05) is 13.2 Å². The summed E-state index contributed by atoms with van der Waals surface area (Å²) in [5.74, 6) is 0.916. The zero-order valence-electron chi connectivity index (χ0n) is 7.34. The number of rotatable bonds is 1. The molecule has 1 saturated heterocycles. The molecule has 0 saturated carbocycles. The van der Waals surface area contributed by atoms with Crippen LogP contribution in [0.5, 0.6) is 0 Å². The first kappa shape index (κ1) is 8.80. The van der Waals surface area contributed by atoms with Gasteiger partial charge in [-0.2, -0.15) is 0 Å². The maximum Gasteiger partial charge on any atom is 0.129 e. The summed E-state index contributed by atoms with van der Waals surface area (Å²) in [6.45, 7) is 0.769. The zero-order chi connectivity index (χ0) is 9.26. The van der Waals surface area contributed by atoms with E-state index in [1.54, 1.807) is 6.20 Å². The Morgan fingerprint density at radius 3 is 3.00 bits per heavy atom. The number of hydrogen-bond donors (Lipinski definition) is 1. The molecular formula is C8H11N4S-. The summed E-state index contributed by atoms with van der Waals surface area (Å²) in [5, 5.41) is 1.95. The van der Waals surface area contributed by atoms with Crippen molar-refractivity contribution in [2.75, 3.05) is 18.6 Å². The van der Waals surface area contributed by atoms with Gasteiger partial charge in [0.1, 0.15) is 5.82 Å². The Balaban J connectivity index is 2.18. The molecule has 1 aliphatic rings. The molecule has 1 atom stereocenters. The Bertz CT molecular complexity index is 279. The average Bonchev–Trinajstić information content (AvgIpc) is 2.47. The molecule has 1 unspecified atom stereocenters. The number of hydrazine groups is 1. The van der Waals surface area contributed by atoms with Crippen LogP contribution in [0.2, 0.25) is 0 Å². The van der Waals surface area contributed by atoms with Gasteiger partial charge in [-0.3, -0.25) is 5.43 Å². The first-order chi connectivity index (χ1) is 6.27. The minimum Gasteiger partial charge on any atom is -0.751 e. The van der Waals surface area contributed by atoms with Gasteiger partial charge in [0.15, 0.2) is 0 Å². The van der Waals surface area contributed by atoms with Crippen molar-refractivity contribution in [3.8, 4) is 0 Å². The summed E-state index contributed by atoms with van der Waals surface area (Å²) in [4.78, 5) is 6.26. The predicted octanol–water partition coefficient (Wildman–Crippen LogP) is 0.126. The van der Waals surface area contributed by atoms with Crippen LogP contribution in [0.1, 0.15) is 0 Å². The topological polar surface area (TPSA) is 31.4 Å². The first-order valence-corrected chi connectivity index (χ1v) is 4.55. The summed E-state index contributed by atoms with van der Waals surface area (Å²) in [7, 11) is 1.96. The van der Waals surface area contributed by atoms with Crippen LogP contribution in [0.4, 0.5) is 5.82 Å². The molecule has 0 spiro atoms. The summed E-state index contributed by atoms with van der Waals surface area (Å²) in [5.41, 5.74) is 3.00. The zero-order valence-corrected chi connectivity index (χ0v) is 8.16. The molecule has 1 fully saturated rings. The van der Waals surface area contributed by atoms with Crippen LogP contribution in [0.25, 0.3) is 0 Å². The smallest absolute Gasteiger partial charge is 0.129 e. The molecule has 2 rings (SSSR count). The number of pyridine rings is 1. The first-order valence-electron chi connectivity index (χ1n) is 4.08. The third-order valence-electron chi connectivity index (χ3n) is 1.92. The average molecular weight is 195 g/mol. The van der Waals surface area contributed by atoms with Crippen LogP contribution in [0.15, 0.2) is 24.4 Å². The van der Waals surface area contributed by atoms with Crippen molar-refractivity contribution in [2.24, 2.45) is 0 Å². The normalized spacial score (nSPS) is 23.8. The lowest BCUT2D eigenvalue weighted by atomic mass is 10.4. The minimum absolute atomic E-state index is 0.0973. The van der Waals surface area contributed by atoms with E-state index < -0.39 is 0 Å². The molecule has 0 bridgehead atoms. The third-order valence-corrected chi connectivity index (χ3v) is 2.28. The molecule has 70 valence electrons. The minimum atomic E-state index is -0.0973. The number of anilines is 1. The highest BCUT2D eigenvalue weighted by atomic mass is 32.1. The second kappa shape index (κ2) is 3.53. The number of aromatic nitrogens is 1. The Morgan fingerprint density at radius 1 is 1.62 bits per heavy atom. The van der Waals surface area contributed by atoms with Gasteiger partial charge in [0.25, 0.3) is 0 Å². The molecule has 0 aliphatic carbocycles. The van der Waals surface area contributed by atoms with Crippen molar-refractivity contribution in [1.82, 2.24) is 15.4 Å². The highest BCUT2D eigenvalue weighted by Crippen LogP contribution is 2.15. The fourth-order valence-corrected chi connectivity index (χ4v) is 1.67. The Kier molecular flexibility index (Phi) is 2.39. The van der Waals surface area contributed by atoms with Gasteiger partial charge < -0.3 is 17.5 Å². The second-order valence-corrected chi connectivity index (χ2v) is 3.43. The fraction of sp³-hybridized carbons (Fsp3) is 0.375. The van der Waals surface area contributed by atoms with E-state index >= 15 is 0 Å². The van der Waals surface area contributed by atoms with Crippen molar-refractivity contribution in [2.45, 2.75) is 5.50 Å². The molecule has 1 aliphatic heterocycles. The van der Waals surface area contributed by atoms with Crippen LogP contribution < -0.4 is 10.3 Å².